The number of carbonyl (C=O) groups is 2. The smallest absolute Gasteiger partial charge is 0.326 e. The zero-order valence-corrected chi connectivity index (χ0v) is 10.7. The number of rotatable bonds is 7. The van der Waals surface area contributed by atoms with Crippen molar-refractivity contribution in [2.45, 2.75) is 19.0 Å². The fourth-order valence-corrected chi connectivity index (χ4v) is 1.76. The third-order valence-electron chi connectivity index (χ3n) is 2.13. The molecular formula is C10H15N3O4S. The predicted molar refractivity (Wildman–Crippen MR) is 65.4 cm³/mol. The van der Waals surface area contributed by atoms with Crippen molar-refractivity contribution in [3.63, 3.8) is 0 Å². The molecule has 1 heterocycles. The van der Waals surface area contributed by atoms with Crippen LogP contribution in [0.3, 0.4) is 0 Å². The van der Waals surface area contributed by atoms with Crippen LogP contribution in [-0.2, 0) is 16.1 Å². The molecule has 3 N–H and O–H groups in total. The Hall–Kier alpha value is -1.67. The second-order valence-electron chi connectivity index (χ2n) is 3.48. The molecule has 2 amide bonds. The predicted octanol–water partition coefficient (Wildman–Crippen LogP) is 0.432. The molecule has 0 bridgehead atoms. The van der Waals surface area contributed by atoms with Gasteiger partial charge < -0.3 is 20.5 Å². The van der Waals surface area contributed by atoms with Gasteiger partial charge in [-0.3, -0.25) is 0 Å². The molecule has 0 saturated heterocycles. The number of methoxy groups -OCH3 is 1. The van der Waals surface area contributed by atoms with Gasteiger partial charge in [-0.25, -0.2) is 14.6 Å². The number of thiazole rings is 1. The second-order valence-corrected chi connectivity index (χ2v) is 4.20. The summed E-state index contributed by atoms with van der Waals surface area (Å²) in [5.41, 5.74) is 2.40. The molecular weight excluding hydrogens is 258 g/mol. The summed E-state index contributed by atoms with van der Waals surface area (Å²) in [5.74, 6) is -1.09. The lowest BCUT2D eigenvalue weighted by Crippen LogP contribution is -2.46. The van der Waals surface area contributed by atoms with E-state index >= 15 is 0 Å². The number of carboxylic acids is 1. The molecule has 0 aromatic carbocycles. The number of carboxylic acid groups (broad SMARTS) is 1. The second kappa shape index (κ2) is 7.62. The number of nitrogens with one attached hydrogen (secondary N) is 2. The maximum atomic E-state index is 11.5. The molecule has 0 aliphatic carbocycles. The Kier molecular flexibility index (Phi) is 6.09. The Morgan fingerprint density at radius 1 is 1.61 bits per heavy atom. The van der Waals surface area contributed by atoms with Crippen LogP contribution in [0.25, 0.3) is 0 Å². The highest BCUT2D eigenvalue weighted by molar-refractivity contribution is 7.07. The Morgan fingerprint density at radius 3 is 2.94 bits per heavy atom. The molecule has 1 aromatic heterocycles. The number of ether oxygens (including phenoxy) is 1. The molecule has 0 aliphatic heterocycles. The van der Waals surface area contributed by atoms with E-state index in [-0.39, 0.29) is 19.6 Å². The van der Waals surface area contributed by atoms with Crippen molar-refractivity contribution in [1.82, 2.24) is 15.6 Å². The highest BCUT2D eigenvalue weighted by Crippen LogP contribution is 1.99. The molecule has 8 heteroatoms. The summed E-state index contributed by atoms with van der Waals surface area (Å²) in [6.45, 7) is 0.537. The van der Waals surface area contributed by atoms with Gasteiger partial charge in [0.05, 0.1) is 17.7 Å². The minimum absolute atomic E-state index is 0.218. The Morgan fingerprint density at radius 2 is 2.39 bits per heavy atom. The molecule has 1 unspecified atom stereocenters. The number of carbonyl (C=O) groups excluding carboxylic acids is 1. The van der Waals surface area contributed by atoms with Gasteiger partial charge >= 0.3 is 12.0 Å². The molecule has 0 saturated carbocycles. The highest BCUT2D eigenvalue weighted by atomic mass is 32.1. The summed E-state index contributed by atoms with van der Waals surface area (Å²) >= 11 is 1.43. The summed E-state index contributed by atoms with van der Waals surface area (Å²) in [5, 5.41) is 15.6. The molecule has 1 aromatic rings. The van der Waals surface area contributed by atoms with Crippen LogP contribution in [0.1, 0.15) is 12.1 Å². The molecule has 7 nitrogen and oxygen atoms in total. The maximum Gasteiger partial charge on any atom is 0.326 e. The SMILES string of the molecule is COCCC(NC(=O)NCc1cscn1)C(=O)O. The van der Waals surface area contributed by atoms with Crippen molar-refractivity contribution in [3.8, 4) is 0 Å². The van der Waals surface area contributed by atoms with Gasteiger partial charge in [-0.2, -0.15) is 0 Å². The van der Waals surface area contributed by atoms with Gasteiger partial charge in [0.25, 0.3) is 0 Å². The zero-order valence-electron chi connectivity index (χ0n) is 9.88. The van der Waals surface area contributed by atoms with Crippen LogP contribution in [0.5, 0.6) is 0 Å². The fourth-order valence-electron chi connectivity index (χ4n) is 1.20. The van der Waals surface area contributed by atoms with E-state index in [0.29, 0.717) is 0 Å². The van der Waals surface area contributed by atoms with Crippen molar-refractivity contribution < 1.29 is 19.4 Å². The van der Waals surface area contributed by atoms with E-state index in [9.17, 15) is 9.59 Å². The number of urea groups is 1. The van der Waals surface area contributed by atoms with Gasteiger partial charge in [-0.15, -0.1) is 11.3 Å². The molecule has 0 spiro atoms. The van der Waals surface area contributed by atoms with E-state index < -0.39 is 18.0 Å². The Bertz CT molecular complexity index is 382. The monoisotopic (exact) mass is 273 g/mol. The standard InChI is InChI=1S/C10H15N3O4S/c1-17-3-2-8(9(14)15)13-10(16)11-4-7-5-18-6-12-7/h5-6,8H,2-4H2,1H3,(H,14,15)(H2,11,13,16). The number of aliphatic carboxylic acids is 1. The lowest BCUT2D eigenvalue weighted by atomic mass is 10.2. The summed E-state index contributed by atoms with van der Waals surface area (Å²) < 4.78 is 4.78. The minimum Gasteiger partial charge on any atom is -0.480 e. The van der Waals surface area contributed by atoms with Crippen LogP contribution in [0.15, 0.2) is 10.9 Å². The fraction of sp³-hybridized carbons (Fsp3) is 0.500. The van der Waals surface area contributed by atoms with Gasteiger partial charge in [0.15, 0.2) is 0 Å². The van der Waals surface area contributed by atoms with Crippen LogP contribution in [0.2, 0.25) is 0 Å². The molecule has 0 fully saturated rings. The van der Waals surface area contributed by atoms with E-state index in [4.69, 9.17) is 9.84 Å². The van der Waals surface area contributed by atoms with Crippen molar-refractivity contribution in [3.05, 3.63) is 16.6 Å². The summed E-state index contributed by atoms with van der Waals surface area (Å²) in [6, 6.07) is -1.49. The number of amides is 2. The number of hydrogen-bond acceptors (Lipinski definition) is 5. The summed E-state index contributed by atoms with van der Waals surface area (Å²) in [4.78, 5) is 26.3. The largest absolute Gasteiger partial charge is 0.480 e. The van der Waals surface area contributed by atoms with Gasteiger partial charge in [-0.1, -0.05) is 0 Å². The zero-order chi connectivity index (χ0) is 13.4. The van der Waals surface area contributed by atoms with Gasteiger partial charge in [0.1, 0.15) is 6.04 Å². The topological polar surface area (TPSA) is 101 Å². The average molecular weight is 273 g/mol. The van der Waals surface area contributed by atoms with Crippen LogP contribution >= 0.6 is 11.3 Å². The number of nitrogens with zero attached hydrogens (tertiary/aromatic N) is 1. The van der Waals surface area contributed by atoms with E-state index in [1.807, 2.05) is 0 Å². The molecule has 0 aliphatic rings. The van der Waals surface area contributed by atoms with Crippen LogP contribution in [-0.4, -0.2) is 41.8 Å². The van der Waals surface area contributed by atoms with Crippen molar-refractivity contribution >= 4 is 23.3 Å². The normalized spacial score (nSPS) is 11.8. The lowest BCUT2D eigenvalue weighted by Gasteiger charge is -2.14. The summed E-state index contributed by atoms with van der Waals surface area (Å²) in [6.07, 6.45) is 0.218. The first-order chi connectivity index (χ1) is 8.63. The quantitative estimate of drug-likeness (QED) is 0.669. The molecule has 1 rings (SSSR count). The summed E-state index contributed by atoms with van der Waals surface area (Å²) in [7, 11) is 1.47. The number of aromatic nitrogens is 1. The van der Waals surface area contributed by atoms with Crippen LogP contribution in [0, 0.1) is 0 Å². The van der Waals surface area contributed by atoms with E-state index in [0.717, 1.165) is 5.69 Å². The average Bonchev–Trinajstić information content (AvgIpc) is 2.84. The van der Waals surface area contributed by atoms with Gasteiger partial charge in [-0.05, 0) is 0 Å². The molecule has 18 heavy (non-hydrogen) atoms. The first-order valence-electron chi connectivity index (χ1n) is 5.26. The van der Waals surface area contributed by atoms with Crippen molar-refractivity contribution in [1.29, 1.82) is 0 Å². The van der Waals surface area contributed by atoms with Gasteiger partial charge in [0.2, 0.25) is 0 Å². The highest BCUT2D eigenvalue weighted by Gasteiger charge is 2.19. The van der Waals surface area contributed by atoms with E-state index in [1.54, 1.807) is 10.9 Å². The Balaban J connectivity index is 2.34. The van der Waals surface area contributed by atoms with E-state index in [1.165, 1.54) is 18.4 Å². The first kappa shape index (κ1) is 14.4. The van der Waals surface area contributed by atoms with Crippen LogP contribution < -0.4 is 10.6 Å². The third-order valence-corrected chi connectivity index (χ3v) is 2.76. The van der Waals surface area contributed by atoms with Crippen molar-refractivity contribution in [2.24, 2.45) is 0 Å². The maximum absolute atomic E-state index is 11.5. The minimum atomic E-state index is -1.09. The lowest BCUT2D eigenvalue weighted by molar-refractivity contribution is -0.139. The van der Waals surface area contributed by atoms with E-state index in [2.05, 4.69) is 15.6 Å². The molecule has 1 atom stereocenters. The van der Waals surface area contributed by atoms with Crippen LogP contribution in [0.4, 0.5) is 4.79 Å². The first-order valence-corrected chi connectivity index (χ1v) is 6.21. The van der Waals surface area contributed by atoms with Crippen molar-refractivity contribution in [2.75, 3.05) is 13.7 Å². The Labute approximate surface area is 108 Å². The molecule has 0 radical (unpaired) electrons. The number of hydrogen-bond donors (Lipinski definition) is 3. The molecule has 100 valence electrons. The third kappa shape index (κ3) is 5.11. The van der Waals surface area contributed by atoms with Gasteiger partial charge in [0, 0.05) is 25.5 Å².